The second-order valence-corrected chi connectivity index (χ2v) is 17.1. The Hall–Kier alpha value is -1.85. The van der Waals surface area contributed by atoms with Crippen LogP contribution in [0.1, 0.15) is 132 Å². The van der Waals surface area contributed by atoms with Gasteiger partial charge in [0.15, 0.2) is 0 Å². The smallest absolute Gasteiger partial charge is 0.303 e. The summed E-state index contributed by atoms with van der Waals surface area (Å²) >= 11 is 0. The Morgan fingerprint density at radius 3 is 2.29 bits per heavy atom. The zero-order valence-corrected chi connectivity index (χ0v) is 27.7. The van der Waals surface area contributed by atoms with Gasteiger partial charge < -0.3 is 15.2 Å². The Bertz CT molecular complexity index is 1160. The number of amides is 1. The molecule has 0 heterocycles. The highest BCUT2D eigenvalue weighted by atomic mass is 16.5. The summed E-state index contributed by atoms with van der Waals surface area (Å²) in [5.41, 5.74) is 1.68. The summed E-state index contributed by atoms with van der Waals surface area (Å²) < 4.78 is 5.91. The number of rotatable bonds is 6. The van der Waals surface area contributed by atoms with Crippen LogP contribution in [0.5, 0.6) is 0 Å². The van der Waals surface area contributed by atoms with Crippen molar-refractivity contribution in [2.45, 2.75) is 139 Å². The second kappa shape index (κ2) is 10.4. The number of allylic oxidation sites excluding steroid dienone is 2. The molecule has 5 rings (SSSR count). The molecule has 0 aromatic rings. The standard InChI is InChI=1S/C36H57NO5/c1-23(38)42-28-14-15-33(6)26(32(28,4)5)13-16-35(8)27(33)12-11-24-25-22-31(2,3)17-19-36(25,20-18-34(24,35)7)30(41)37-21-9-10-29(39)40/h11,25-28H,9-10,12-22H2,1-8H3,(H,37,41)(H,39,40)/t25-,26-,27+,28-,33-,34+,35+,36-/m0/s1. The van der Waals surface area contributed by atoms with Gasteiger partial charge in [0.1, 0.15) is 6.10 Å². The quantitative estimate of drug-likeness (QED) is 0.190. The average molecular weight is 584 g/mol. The van der Waals surface area contributed by atoms with Crippen LogP contribution >= 0.6 is 0 Å². The van der Waals surface area contributed by atoms with E-state index in [0.29, 0.717) is 24.8 Å². The van der Waals surface area contributed by atoms with E-state index in [0.717, 1.165) is 57.8 Å². The molecule has 1 amide bonds. The van der Waals surface area contributed by atoms with Crippen molar-refractivity contribution in [3.05, 3.63) is 11.6 Å². The number of esters is 1. The first kappa shape index (κ1) is 31.6. The third kappa shape index (κ3) is 4.67. The van der Waals surface area contributed by atoms with Crippen LogP contribution in [-0.4, -0.2) is 35.6 Å². The minimum absolute atomic E-state index is 0.0171. The van der Waals surface area contributed by atoms with Gasteiger partial charge in [-0.15, -0.1) is 0 Å². The molecule has 42 heavy (non-hydrogen) atoms. The van der Waals surface area contributed by atoms with E-state index in [4.69, 9.17) is 9.84 Å². The topological polar surface area (TPSA) is 92.7 Å². The van der Waals surface area contributed by atoms with E-state index in [1.165, 1.54) is 6.42 Å². The Morgan fingerprint density at radius 2 is 1.62 bits per heavy atom. The lowest BCUT2D eigenvalue weighted by molar-refractivity contribution is -0.212. The van der Waals surface area contributed by atoms with Crippen LogP contribution < -0.4 is 5.32 Å². The molecule has 0 bridgehead atoms. The molecule has 4 saturated carbocycles. The van der Waals surface area contributed by atoms with Gasteiger partial charge in [0.25, 0.3) is 0 Å². The van der Waals surface area contributed by atoms with E-state index in [9.17, 15) is 14.4 Å². The van der Waals surface area contributed by atoms with Crippen molar-refractivity contribution in [3.8, 4) is 0 Å². The Balaban J connectivity index is 1.48. The van der Waals surface area contributed by atoms with Gasteiger partial charge in [-0.05, 0) is 110 Å². The molecule has 0 unspecified atom stereocenters. The van der Waals surface area contributed by atoms with Crippen LogP contribution in [0.4, 0.5) is 0 Å². The van der Waals surface area contributed by atoms with Crippen LogP contribution in [0.25, 0.3) is 0 Å². The monoisotopic (exact) mass is 583 g/mol. The first-order valence-corrected chi connectivity index (χ1v) is 16.8. The predicted molar refractivity (Wildman–Crippen MR) is 164 cm³/mol. The lowest BCUT2D eigenvalue weighted by Gasteiger charge is -2.71. The lowest BCUT2D eigenvalue weighted by atomic mass is 9.33. The molecular formula is C36H57NO5. The van der Waals surface area contributed by atoms with Crippen molar-refractivity contribution in [3.63, 3.8) is 0 Å². The highest BCUT2D eigenvalue weighted by Crippen LogP contribution is 2.75. The molecule has 0 aliphatic heterocycles. The number of carbonyl (C=O) groups excluding carboxylic acids is 2. The Labute approximate surface area is 254 Å². The summed E-state index contributed by atoms with van der Waals surface area (Å²) in [5.74, 6) is 0.484. The van der Waals surface area contributed by atoms with Crippen molar-refractivity contribution in [1.29, 1.82) is 0 Å². The van der Waals surface area contributed by atoms with Crippen LogP contribution in [0, 0.1) is 50.2 Å². The van der Waals surface area contributed by atoms with Crippen molar-refractivity contribution in [2.75, 3.05) is 6.54 Å². The first-order chi connectivity index (χ1) is 19.4. The van der Waals surface area contributed by atoms with Crippen LogP contribution in [0.15, 0.2) is 11.6 Å². The predicted octanol–water partition coefficient (Wildman–Crippen LogP) is 7.70. The Kier molecular flexibility index (Phi) is 7.79. The molecule has 6 heteroatoms. The fourth-order valence-corrected chi connectivity index (χ4v) is 11.7. The van der Waals surface area contributed by atoms with E-state index in [-0.39, 0.29) is 57.4 Å². The summed E-state index contributed by atoms with van der Waals surface area (Å²) in [5, 5.41) is 12.3. The number of nitrogens with one attached hydrogen (secondary N) is 1. The SMILES string of the molecule is CC(=O)O[C@H]1CC[C@]2(C)[C@H]3CC=C4[C@@H]5CC(C)(C)CC[C@]5(C(=O)NCCCC(=O)O)CC[C@@]4(C)[C@]3(C)CC[C@H]2C1(C)C. The molecule has 6 nitrogen and oxygen atoms in total. The van der Waals surface area contributed by atoms with E-state index in [1.807, 2.05) is 0 Å². The molecule has 8 atom stereocenters. The van der Waals surface area contributed by atoms with Gasteiger partial charge in [-0.3, -0.25) is 14.4 Å². The summed E-state index contributed by atoms with van der Waals surface area (Å²) in [7, 11) is 0. The van der Waals surface area contributed by atoms with Crippen molar-refractivity contribution >= 4 is 17.8 Å². The largest absolute Gasteiger partial charge is 0.481 e. The number of fused-ring (bicyclic) bond motifs is 7. The number of carbonyl (C=O) groups is 3. The highest BCUT2D eigenvalue weighted by molar-refractivity contribution is 5.84. The molecule has 0 radical (unpaired) electrons. The van der Waals surface area contributed by atoms with Crippen LogP contribution in [0.3, 0.4) is 0 Å². The average Bonchev–Trinajstić information content (AvgIpc) is 2.88. The number of hydrogen-bond donors (Lipinski definition) is 2. The first-order valence-electron chi connectivity index (χ1n) is 16.8. The van der Waals surface area contributed by atoms with Gasteiger partial charge in [-0.2, -0.15) is 0 Å². The number of carboxylic acid groups (broad SMARTS) is 1. The highest BCUT2D eigenvalue weighted by Gasteiger charge is 2.69. The number of aliphatic carboxylic acids is 1. The fourth-order valence-electron chi connectivity index (χ4n) is 11.7. The molecule has 2 N–H and O–H groups in total. The molecule has 0 aromatic carbocycles. The maximum Gasteiger partial charge on any atom is 0.303 e. The molecule has 5 aliphatic rings. The number of carboxylic acids is 1. The molecule has 0 saturated heterocycles. The number of ether oxygens (including phenoxy) is 1. The molecule has 236 valence electrons. The summed E-state index contributed by atoms with van der Waals surface area (Å²) in [6.07, 6.45) is 13.5. The maximum atomic E-state index is 14.0. The van der Waals surface area contributed by atoms with Gasteiger partial charge in [-0.25, -0.2) is 0 Å². The zero-order chi connectivity index (χ0) is 30.9. The van der Waals surface area contributed by atoms with Crippen molar-refractivity contribution in [1.82, 2.24) is 5.32 Å². The third-order valence-electron chi connectivity index (χ3n) is 14.2. The minimum Gasteiger partial charge on any atom is -0.481 e. The number of hydrogen-bond acceptors (Lipinski definition) is 4. The second-order valence-electron chi connectivity index (χ2n) is 17.1. The van der Waals surface area contributed by atoms with Crippen molar-refractivity contribution < 1.29 is 24.2 Å². The van der Waals surface area contributed by atoms with Gasteiger partial charge in [-0.1, -0.05) is 60.1 Å². The van der Waals surface area contributed by atoms with Gasteiger partial charge in [0.05, 0.1) is 5.41 Å². The minimum atomic E-state index is -0.810. The summed E-state index contributed by atoms with van der Waals surface area (Å²) in [6.45, 7) is 19.1. The van der Waals surface area contributed by atoms with Gasteiger partial charge >= 0.3 is 11.9 Å². The molecule has 4 fully saturated rings. The normalized spacial score (nSPS) is 43.4. The maximum absolute atomic E-state index is 14.0. The third-order valence-corrected chi connectivity index (χ3v) is 14.2. The Morgan fingerprint density at radius 1 is 0.929 bits per heavy atom. The summed E-state index contributed by atoms with van der Waals surface area (Å²) in [4.78, 5) is 37.1. The molecule has 0 aromatic heterocycles. The van der Waals surface area contributed by atoms with Crippen LogP contribution in [-0.2, 0) is 19.1 Å². The van der Waals surface area contributed by atoms with E-state index in [1.54, 1.807) is 12.5 Å². The van der Waals surface area contributed by atoms with Crippen molar-refractivity contribution in [2.24, 2.45) is 50.2 Å². The zero-order valence-electron chi connectivity index (χ0n) is 27.7. The van der Waals surface area contributed by atoms with Gasteiger partial charge in [0.2, 0.25) is 5.91 Å². The van der Waals surface area contributed by atoms with E-state index >= 15 is 0 Å². The van der Waals surface area contributed by atoms with Crippen LogP contribution in [0.2, 0.25) is 0 Å². The van der Waals surface area contributed by atoms with E-state index < -0.39 is 11.4 Å². The summed E-state index contributed by atoms with van der Waals surface area (Å²) in [6, 6.07) is 0. The van der Waals surface area contributed by atoms with E-state index in [2.05, 4.69) is 59.9 Å². The fraction of sp³-hybridized carbons (Fsp3) is 0.861. The molecule has 0 spiro atoms. The molecule has 5 aliphatic carbocycles. The lowest BCUT2D eigenvalue weighted by Crippen LogP contribution is -2.65. The molecular weight excluding hydrogens is 526 g/mol. The van der Waals surface area contributed by atoms with Gasteiger partial charge in [0, 0.05) is 25.3 Å².